The van der Waals surface area contributed by atoms with Gasteiger partial charge in [0.05, 0.1) is 5.02 Å². The Morgan fingerprint density at radius 3 is 2.42 bits per heavy atom. The summed E-state index contributed by atoms with van der Waals surface area (Å²) in [6.45, 7) is 6.73. The van der Waals surface area contributed by atoms with Gasteiger partial charge in [0.2, 0.25) is 0 Å². The van der Waals surface area contributed by atoms with Gasteiger partial charge in [-0.25, -0.2) is 0 Å². The molecule has 3 aromatic carbocycles. The molecule has 0 atom stereocenters. The van der Waals surface area contributed by atoms with Gasteiger partial charge in [0.1, 0.15) is 11.2 Å². The first kappa shape index (κ1) is 15.3. The van der Waals surface area contributed by atoms with E-state index < -0.39 is 0 Å². The number of halogens is 1. The van der Waals surface area contributed by atoms with Crippen molar-refractivity contribution in [2.75, 3.05) is 0 Å². The minimum atomic E-state index is 0.0850. The van der Waals surface area contributed by atoms with Crippen LogP contribution in [0.25, 0.3) is 33.1 Å². The molecule has 0 aliphatic carbocycles. The highest BCUT2D eigenvalue weighted by atomic mass is 35.5. The lowest BCUT2D eigenvalue weighted by molar-refractivity contribution is 0.592. The minimum Gasteiger partial charge on any atom is -0.456 e. The summed E-state index contributed by atoms with van der Waals surface area (Å²) in [4.78, 5) is 0. The number of fused-ring (bicyclic) bond motifs is 3. The van der Waals surface area contributed by atoms with Gasteiger partial charge in [0, 0.05) is 10.8 Å². The number of hydrogen-bond donors (Lipinski definition) is 0. The van der Waals surface area contributed by atoms with Gasteiger partial charge in [-0.1, -0.05) is 68.8 Å². The van der Waals surface area contributed by atoms with Crippen LogP contribution < -0.4 is 0 Å². The van der Waals surface area contributed by atoms with E-state index in [2.05, 4.69) is 57.2 Å². The van der Waals surface area contributed by atoms with Gasteiger partial charge in [0.15, 0.2) is 0 Å². The van der Waals surface area contributed by atoms with Crippen molar-refractivity contribution in [3.63, 3.8) is 0 Å². The van der Waals surface area contributed by atoms with E-state index in [4.69, 9.17) is 16.0 Å². The summed E-state index contributed by atoms with van der Waals surface area (Å²) in [7, 11) is 0. The highest BCUT2D eigenvalue weighted by Crippen LogP contribution is 2.38. The van der Waals surface area contributed by atoms with Crippen molar-refractivity contribution in [1.29, 1.82) is 0 Å². The SMILES string of the molecule is CC(C)(C)c1ccccc1-c1ccc2oc3cccc(Cl)c3c2c1. The molecular formula is C22H19ClO. The Labute approximate surface area is 146 Å². The van der Waals surface area contributed by atoms with Crippen LogP contribution in [0, 0.1) is 0 Å². The highest BCUT2D eigenvalue weighted by Gasteiger charge is 2.19. The van der Waals surface area contributed by atoms with Crippen LogP contribution in [0.3, 0.4) is 0 Å². The van der Waals surface area contributed by atoms with Crippen molar-refractivity contribution in [1.82, 2.24) is 0 Å². The molecule has 0 amide bonds. The van der Waals surface area contributed by atoms with Crippen molar-refractivity contribution in [3.8, 4) is 11.1 Å². The first-order valence-electron chi connectivity index (χ1n) is 8.16. The Morgan fingerprint density at radius 2 is 1.62 bits per heavy atom. The summed E-state index contributed by atoms with van der Waals surface area (Å²) < 4.78 is 5.94. The Kier molecular flexibility index (Phi) is 3.43. The van der Waals surface area contributed by atoms with Crippen LogP contribution in [0.2, 0.25) is 5.02 Å². The molecule has 0 N–H and O–H groups in total. The monoisotopic (exact) mass is 334 g/mol. The second kappa shape index (κ2) is 5.39. The molecule has 24 heavy (non-hydrogen) atoms. The molecule has 0 unspecified atom stereocenters. The van der Waals surface area contributed by atoms with E-state index in [0.29, 0.717) is 0 Å². The Morgan fingerprint density at radius 1 is 0.833 bits per heavy atom. The topological polar surface area (TPSA) is 13.1 Å². The van der Waals surface area contributed by atoms with Gasteiger partial charge in [0.25, 0.3) is 0 Å². The van der Waals surface area contributed by atoms with E-state index in [1.165, 1.54) is 16.7 Å². The fourth-order valence-electron chi connectivity index (χ4n) is 3.34. The van der Waals surface area contributed by atoms with Crippen LogP contribution in [-0.4, -0.2) is 0 Å². The zero-order chi connectivity index (χ0) is 16.9. The molecule has 4 rings (SSSR count). The molecule has 0 radical (unpaired) electrons. The van der Waals surface area contributed by atoms with Crippen LogP contribution in [0.1, 0.15) is 26.3 Å². The Hall–Kier alpha value is -2.25. The maximum absolute atomic E-state index is 6.42. The smallest absolute Gasteiger partial charge is 0.136 e. The number of furan rings is 1. The second-order valence-corrected chi connectivity index (χ2v) is 7.63. The van der Waals surface area contributed by atoms with E-state index in [-0.39, 0.29) is 5.41 Å². The molecule has 1 nitrogen and oxygen atoms in total. The Balaban J connectivity index is 2.01. The molecule has 0 fully saturated rings. The van der Waals surface area contributed by atoms with Crippen molar-refractivity contribution in [2.45, 2.75) is 26.2 Å². The van der Waals surface area contributed by atoms with Gasteiger partial charge in [-0.05, 0) is 46.4 Å². The minimum absolute atomic E-state index is 0.0850. The van der Waals surface area contributed by atoms with Crippen LogP contribution >= 0.6 is 11.6 Å². The first-order valence-corrected chi connectivity index (χ1v) is 8.53. The first-order chi connectivity index (χ1) is 11.4. The molecule has 0 spiro atoms. The molecule has 0 aliphatic rings. The van der Waals surface area contributed by atoms with Crippen LogP contribution in [0.5, 0.6) is 0 Å². The molecule has 1 aromatic heterocycles. The van der Waals surface area contributed by atoms with Gasteiger partial charge in [-0.15, -0.1) is 0 Å². The fraction of sp³-hybridized carbons (Fsp3) is 0.182. The normalized spacial score (nSPS) is 12.2. The van der Waals surface area contributed by atoms with Crippen LogP contribution in [-0.2, 0) is 5.41 Å². The maximum atomic E-state index is 6.42. The zero-order valence-electron chi connectivity index (χ0n) is 14.1. The van der Waals surface area contributed by atoms with Gasteiger partial charge < -0.3 is 4.42 Å². The van der Waals surface area contributed by atoms with E-state index in [0.717, 1.165) is 27.0 Å². The standard InChI is InChI=1S/C22H19ClO/c1-22(2,3)17-8-5-4-7-15(17)14-11-12-19-16(13-14)21-18(23)9-6-10-20(21)24-19/h4-13H,1-3H3. The van der Waals surface area contributed by atoms with Crippen molar-refractivity contribution < 1.29 is 4.42 Å². The zero-order valence-corrected chi connectivity index (χ0v) is 14.8. The average Bonchev–Trinajstić information content (AvgIpc) is 2.93. The number of benzene rings is 3. The van der Waals surface area contributed by atoms with Crippen molar-refractivity contribution in [2.24, 2.45) is 0 Å². The molecule has 1 heterocycles. The molecular weight excluding hydrogens is 316 g/mol. The summed E-state index contributed by atoms with van der Waals surface area (Å²) in [5.41, 5.74) is 5.57. The molecule has 120 valence electrons. The van der Waals surface area contributed by atoms with E-state index in [1.54, 1.807) is 0 Å². The predicted octanol–water partition coefficient (Wildman–Crippen LogP) is 7.20. The second-order valence-electron chi connectivity index (χ2n) is 7.22. The Bertz CT molecular complexity index is 1050. The molecule has 2 heteroatoms. The molecule has 0 saturated heterocycles. The molecule has 0 saturated carbocycles. The third kappa shape index (κ3) is 2.40. The fourth-order valence-corrected chi connectivity index (χ4v) is 3.61. The quantitative estimate of drug-likeness (QED) is 0.358. The highest BCUT2D eigenvalue weighted by molar-refractivity contribution is 6.37. The molecule has 0 bridgehead atoms. The van der Waals surface area contributed by atoms with Crippen LogP contribution in [0.15, 0.2) is 65.1 Å². The van der Waals surface area contributed by atoms with E-state index in [1.807, 2.05) is 24.3 Å². The van der Waals surface area contributed by atoms with Crippen molar-refractivity contribution >= 4 is 33.5 Å². The lowest BCUT2D eigenvalue weighted by Crippen LogP contribution is -2.12. The number of rotatable bonds is 1. The largest absolute Gasteiger partial charge is 0.456 e. The lowest BCUT2D eigenvalue weighted by Gasteiger charge is -2.23. The number of hydrogen-bond acceptors (Lipinski definition) is 1. The predicted molar refractivity (Wildman–Crippen MR) is 103 cm³/mol. The summed E-state index contributed by atoms with van der Waals surface area (Å²) >= 11 is 6.42. The maximum Gasteiger partial charge on any atom is 0.136 e. The molecule has 4 aromatic rings. The van der Waals surface area contributed by atoms with Gasteiger partial charge in [-0.2, -0.15) is 0 Å². The summed E-state index contributed by atoms with van der Waals surface area (Å²) in [5, 5.41) is 2.79. The summed E-state index contributed by atoms with van der Waals surface area (Å²) in [6.07, 6.45) is 0. The average molecular weight is 335 g/mol. The third-order valence-electron chi connectivity index (χ3n) is 4.49. The molecule has 0 aliphatic heterocycles. The van der Waals surface area contributed by atoms with E-state index in [9.17, 15) is 0 Å². The van der Waals surface area contributed by atoms with E-state index >= 15 is 0 Å². The van der Waals surface area contributed by atoms with Crippen LogP contribution in [0.4, 0.5) is 0 Å². The lowest BCUT2D eigenvalue weighted by atomic mass is 9.82. The van der Waals surface area contributed by atoms with Crippen molar-refractivity contribution in [3.05, 3.63) is 71.2 Å². The summed E-state index contributed by atoms with van der Waals surface area (Å²) in [5.74, 6) is 0. The van der Waals surface area contributed by atoms with Gasteiger partial charge in [-0.3, -0.25) is 0 Å². The summed E-state index contributed by atoms with van der Waals surface area (Å²) in [6, 6.07) is 20.7. The van der Waals surface area contributed by atoms with Gasteiger partial charge >= 0.3 is 0 Å². The third-order valence-corrected chi connectivity index (χ3v) is 4.81.